The Morgan fingerprint density at radius 3 is 2.63 bits per heavy atom. The molecule has 0 saturated carbocycles. The van der Waals surface area contributed by atoms with Crippen LogP contribution >= 0.6 is 27.5 Å². The lowest BCUT2D eigenvalue weighted by molar-refractivity contribution is 0.470. The average Bonchev–Trinajstić information content (AvgIpc) is 2.36. The predicted octanol–water partition coefficient (Wildman–Crippen LogP) is 4.92. The molecule has 2 aromatic carbocycles. The van der Waals surface area contributed by atoms with Gasteiger partial charge in [0.05, 0.1) is 0 Å². The Balaban J connectivity index is 2.33. The minimum atomic E-state index is 0.671. The number of nitrogens with one attached hydrogen (secondary N) is 1. The maximum atomic E-state index is 6.04. The highest BCUT2D eigenvalue weighted by Gasteiger charge is 2.07. The van der Waals surface area contributed by atoms with Crippen molar-refractivity contribution in [3.63, 3.8) is 0 Å². The Bertz CT molecular complexity index is 586. The van der Waals surface area contributed by atoms with Gasteiger partial charge in [-0.15, -0.1) is 0 Å². The van der Waals surface area contributed by atoms with Gasteiger partial charge in [0.25, 0.3) is 0 Å². The summed E-state index contributed by atoms with van der Waals surface area (Å²) < 4.78 is 7.02. The number of halogens is 2. The van der Waals surface area contributed by atoms with Gasteiger partial charge in [0, 0.05) is 21.6 Å². The number of benzene rings is 2. The smallest absolute Gasteiger partial charge is 0.133 e. The summed E-state index contributed by atoms with van der Waals surface area (Å²) in [6.07, 6.45) is 0. The second kappa shape index (κ2) is 6.42. The van der Waals surface area contributed by atoms with Crippen LogP contribution in [-0.4, -0.2) is 7.05 Å². The Hall–Kier alpha value is -1.03. The molecule has 0 spiro atoms. The van der Waals surface area contributed by atoms with Crippen LogP contribution in [0.15, 0.2) is 40.9 Å². The highest BCUT2D eigenvalue weighted by Crippen LogP contribution is 2.31. The fourth-order valence-electron chi connectivity index (χ4n) is 1.81. The van der Waals surface area contributed by atoms with Gasteiger partial charge in [-0.25, -0.2) is 0 Å². The molecule has 0 aliphatic rings. The molecule has 0 bridgehead atoms. The molecule has 0 unspecified atom stereocenters. The van der Waals surface area contributed by atoms with Gasteiger partial charge >= 0.3 is 0 Å². The molecule has 0 aliphatic heterocycles. The number of hydrogen-bond acceptors (Lipinski definition) is 2. The molecule has 1 N–H and O–H groups in total. The highest BCUT2D eigenvalue weighted by molar-refractivity contribution is 9.10. The fourth-order valence-corrected chi connectivity index (χ4v) is 2.44. The molecule has 0 fully saturated rings. The summed E-state index contributed by atoms with van der Waals surface area (Å²) in [6.45, 7) is 2.75. The minimum absolute atomic E-state index is 0.671. The van der Waals surface area contributed by atoms with Crippen LogP contribution in [0.4, 0.5) is 0 Å². The van der Waals surface area contributed by atoms with E-state index in [-0.39, 0.29) is 0 Å². The zero-order chi connectivity index (χ0) is 13.8. The topological polar surface area (TPSA) is 21.3 Å². The maximum absolute atomic E-state index is 6.04. The van der Waals surface area contributed by atoms with Crippen LogP contribution in [0.25, 0.3) is 0 Å². The van der Waals surface area contributed by atoms with Gasteiger partial charge in [-0.3, -0.25) is 0 Å². The number of hydrogen-bond donors (Lipinski definition) is 1. The van der Waals surface area contributed by atoms with Crippen molar-refractivity contribution in [1.82, 2.24) is 5.32 Å². The van der Waals surface area contributed by atoms with Gasteiger partial charge < -0.3 is 10.1 Å². The lowest BCUT2D eigenvalue weighted by atomic mass is 10.2. The van der Waals surface area contributed by atoms with Crippen molar-refractivity contribution in [2.24, 2.45) is 0 Å². The van der Waals surface area contributed by atoms with E-state index < -0.39 is 0 Å². The van der Waals surface area contributed by atoms with E-state index in [1.54, 1.807) is 0 Å². The van der Waals surface area contributed by atoms with Crippen molar-refractivity contribution in [1.29, 1.82) is 0 Å². The molecule has 0 aromatic heterocycles. The third kappa shape index (κ3) is 3.72. The zero-order valence-corrected chi connectivity index (χ0v) is 13.2. The molecule has 0 atom stereocenters. The Morgan fingerprint density at radius 1 is 1.16 bits per heavy atom. The first-order valence-corrected chi connectivity index (χ1v) is 7.14. The summed E-state index contributed by atoms with van der Waals surface area (Å²) in [5.41, 5.74) is 2.15. The van der Waals surface area contributed by atoms with Crippen LogP contribution in [0.2, 0.25) is 5.02 Å². The van der Waals surface area contributed by atoms with Crippen LogP contribution in [0.1, 0.15) is 11.1 Å². The SMILES string of the molecule is CNCc1ccc(Cl)cc1Oc1ccc(Br)cc1C. The van der Waals surface area contributed by atoms with E-state index in [0.717, 1.165) is 33.6 Å². The Labute approximate surface area is 126 Å². The van der Waals surface area contributed by atoms with Crippen LogP contribution < -0.4 is 10.1 Å². The second-order valence-electron chi connectivity index (χ2n) is 4.29. The summed E-state index contributed by atoms with van der Waals surface area (Å²) in [5.74, 6) is 1.62. The zero-order valence-electron chi connectivity index (χ0n) is 10.8. The lowest BCUT2D eigenvalue weighted by Gasteiger charge is -2.13. The molecule has 19 heavy (non-hydrogen) atoms. The standard InChI is InChI=1S/C15H15BrClNO/c1-10-7-12(16)4-6-14(10)19-15-8-13(17)5-3-11(15)9-18-2/h3-8,18H,9H2,1-2H3. The van der Waals surface area contributed by atoms with Crippen LogP contribution in [0.3, 0.4) is 0 Å². The third-order valence-corrected chi connectivity index (χ3v) is 3.48. The van der Waals surface area contributed by atoms with Crippen molar-refractivity contribution < 1.29 is 4.74 Å². The Kier molecular flexibility index (Phi) is 4.86. The molecule has 2 rings (SSSR count). The van der Waals surface area contributed by atoms with Crippen molar-refractivity contribution >= 4 is 27.5 Å². The highest BCUT2D eigenvalue weighted by atomic mass is 79.9. The van der Waals surface area contributed by atoms with E-state index in [9.17, 15) is 0 Å². The van der Waals surface area contributed by atoms with E-state index in [1.165, 1.54) is 0 Å². The van der Waals surface area contributed by atoms with Gasteiger partial charge in [0.15, 0.2) is 0 Å². The quantitative estimate of drug-likeness (QED) is 0.852. The first-order chi connectivity index (χ1) is 9.10. The van der Waals surface area contributed by atoms with E-state index in [1.807, 2.05) is 50.4 Å². The predicted molar refractivity (Wildman–Crippen MR) is 83.2 cm³/mol. The second-order valence-corrected chi connectivity index (χ2v) is 5.65. The number of ether oxygens (including phenoxy) is 1. The average molecular weight is 341 g/mol. The Morgan fingerprint density at radius 2 is 1.95 bits per heavy atom. The molecular weight excluding hydrogens is 326 g/mol. The molecule has 0 radical (unpaired) electrons. The molecule has 2 nitrogen and oxygen atoms in total. The molecule has 0 heterocycles. The van der Waals surface area contributed by atoms with E-state index in [0.29, 0.717) is 5.02 Å². The molecule has 4 heteroatoms. The summed E-state index contributed by atoms with van der Waals surface area (Å²) in [6, 6.07) is 11.6. The van der Waals surface area contributed by atoms with Crippen molar-refractivity contribution in [3.05, 3.63) is 57.0 Å². The van der Waals surface area contributed by atoms with Crippen LogP contribution in [0, 0.1) is 6.92 Å². The van der Waals surface area contributed by atoms with Gasteiger partial charge in [0.1, 0.15) is 11.5 Å². The first kappa shape index (κ1) is 14.4. The first-order valence-electron chi connectivity index (χ1n) is 5.97. The number of aryl methyl sites for hydroxylation is 1. The van der Waals surface area contributed by atoms with E-state index >= 15 is 0 Å². The monoisotopic (exact) mass is 339 g/mol. The maximum Gasteiger partial charge on any atom is 0.133 e. The largest absolute Gasteiger partial charge is 0.457 e. The normalized spacial score (nSPS) is 10.5. The van der Waals surface area contributed by atoms with Gasteiger partial charge in [-0.05, 0) is 49.9 Å². The summed E-state index contributed by atoms with van der Waals surface area (Å²) >= 11 is 9.49. The molecule has 100 valence electrons. The molecule has 0 saturated heterocycles. The van der Waals surface area contributed by atoms with Crippen LogP contribution in [-0.2, 0) is 6.54 Å². The van der Waals surface area contributed by atoms with Crippen molar-refractivity contribution in [2.75, 3.05) is 7.05 Å². The molecule has 0 amide bonds. The van der Waals surface area contributed by atoms with E-state index in [4.69, 9.17) is 16.3 Å². The van der Waals surface area contributed by atoms with Gasteiger partial charge in [0.2, 0.25) is 0 Å². The summed E-state index contributed by atoms with van der Waals surface area (Å²) in [4.78, 5) is 0. The minimum Gasteiger partial charge on any atom is -0.457 e. The molecular formula is C15H15BrClNO. The molecule has 2 aromatic rings. The van der Waals surface area contributed by atoms with Crippen molar-refractivity contribution in [2.45, 2.75) is 13.5 Å². The molecule has 0 aliphatic carbocycles. The van der Waals surface area contributed by atoms with Crippen molar-refractivity contribution in [3.8, 4) is 11.5 Å². The van der Waals surface area contributed by atoms with Gasteiger partial charge in [-0.2, -0.15) is 0 Å². The van der Waals surface area contributed by atoms with E-state index in [2.05, 4.69) is 21.2 Å². The lowest BCUT2D eigenvalue weighted by Crippen LogP contribution is -2.06. The summed E-state index contributed by atoms with van der Waals surface area (Å²) in [5, 5.41) is 3.79. The number of rotatable bonds is 4. The summed E-state index contributed by atoms with van der Waals surface area (Å²) in [7, 11) is 1.91. The van der Waals surface area contributed by atoms with Crippen LogP contribution in [0.5, 0.6) is 11.5 Å². The fraction of sp³-hybridized carbons (Fsp3) is 0.200. The van der Waals surface area contributed by atoms with Gasteiger partial charge in [-0.1, -0.05) is 33.6 Å². The third-order valence-electron chi connectivity index (χ3n) is 2.75.